The van der Waals surface area contributed by atoms with E-state index in [0.717, 1.165) is 17.7 Å². The Kier molecular flexibility index (Phi) is 3.56. The maximum absolute atomic E-state index is 11.2. The van der Waals surface area contributed by atoms with Crippen LogP contribution in [0.25, 0.3) is 0 Å². The van der Waals surface area contributed by atoms with Crippen LogP contribution >= 0.6 is 0 Å². The third-order valence-electron chi connectivity index (χ3n) is 1.63. The molecule has 0 radical (unpaired) electrons. The van der Waals surface area contributed by atoms with Gasteiger partial charge in [0.1, 0.15) is 5.82 Å². The normalized spacial score (nSPS) is 10.2. The number of carbonyl (C=O) groups is 2. The van der Waals surface area contributed by atoms with Crippen LogP contribution in [0.15, 0.2) is 30.5 Å². The topological polar surface area (TPSA) is 79.3 Å². The van der Waals surface area contributed by atoms with E-state index < -0.39 is 11.9 Å². The zero-order valence-electron chi connectivity index (χ0n) is 8.10. The molecule has 1 rings (SSSR count). The molecule has 1 heterocycles. The highest BCUT2D eigenvalue weighted by molar-refractivity contribution is 6.02. The number of carboxylic acid groups (broad SMARTS) is 1. The summed E-state index contributed by atoms with van der Waals surface area (Å²) in [4.78, 5) is 25.2. The molecular weight excluding hydrogens is 196 g/mol. The molecule has 0 fully saturated rings. The third kappa shape index (κ3) is 3.60. The van der Waals surface area contributed by atoms with Gasteiger partial charge in [-0.2, -0.15) is 0 Å². The van der Waals surface area contributed by atoms with E-state index in [-0.39, 0.29) is 0 Å². The van der Waals surface area contributed by atoms with Gasteiger partial charge in [-0.25, -0.2) is 9.78 Å². The van der Waals surface area contributed by atoms with Crippen LogP contribution in [0.2, 0.25) is 0 Å². The lowest BCUT2D eigenvalue weighted by molar-refractivity contribution is -0.131. The fraction of sp³-hybridized carbons (Fsp3) is 0.100. The van der Waals surface area contributed by atoms with Gasteiger partial charge in [-0.15, -0.1) is 0 Å². The zero-order valence-corrected chi connectivity index (χ0v) is 8.10. The van der Waals surface area contributed by atoms with E-state index >= 15 is 0 Å². The first-order valence-electron chi connectivity index (χ1n) is 4.23. The van der Waals surface area contributed by atoms with Crippen molar-refractivity contribution < 1.29 is 14.7 Å². The number of rotatable bonds is 3. The molecule has 15 heavy (non-hydrogen) atoms. The first-order chi connectivity index (χ1) is 7.09. The Hall–Kier alpha value is -2.17. The molecule has 0 spiro atoms. The van der Waals surface area contributed by atoms with Crippen molar-refractivity contribution in [3.63, 3.8) is 0 Å². The van der Waals surface area contributed by atoms with E-state index in [1.165, 1.54) is 0 Å². The molecule has 0 bridgehead atoms. The number of anilines is 1. The second-order valence-corrected chi connectivity index (χ2v) is 2.83. The van der Waals surface area contributed by atoms with E-state index in [9.17, 15) is 9.59 Å². The number of carbonyl (C=O) groups excluding carboxylic acids is 1. The van der Waals surface area contributed by atoms with Gasteiger partial charge in [0.15, 0.2) is 0 Å². The average molecular weight is 206 g/mol. The van der Waals surface area contributed by atoms with E-state index in [1.54, 1.807) is 25.3 Å². The van der Waals surface area contributed by atoms with Gasteiger partial charge in [0.2, 0.25) is 5.91 Å². The predicted molar refractivity (Wildman–Crippen MR) is 54.4 cm³/mol. The van der Waals surface area contributed by atoms with Gasteiger partial charge in [-0.05, 0) is 18.6 Å². The predicted octanol–water partition coefficient (Wildman–Crippen LogP) is 0.969. The van der Waals surface area contributed by atoms with Gasteiger partial charge in [0, 0.05) is 18.3 Å². The Morgan fingerprint density at radius 2 is 2.20 bits per heavy atom. The monoisotopic (exact) mass is 206 g/mol. The molecule has 0 saturated carbocycles. The largest absolute Gasteiger partial charge is 0.478 e. The summed E-state index contributed by atoms with van der Waals surface area (Å²) in [6, 6.07) is 3.54. The summed E-state index contributed by atoms with van der Waals surface area (Å²) in [7, 11) is 0. The Balaban J connectivity index is 2.67. The number of aliphatic carboxylic acids is 1. The lowest BCUT2D eigenvalue weighted by Gasteiger charge is -2.03. The Bertz CT molecular complexity index is 413. The summed E-state index contributed by atoms with van der Waals surface area (Å²) in [5.74, 6) is -1.25. The molecular formula is C10H10N2O3. The fourth-order valence-corrected chi connectivity index (χ4v) is 0.922. The molecule has 0 aliphatic carbocycles. The minimum absolute atomic E-state index is 0.428. The number of nitrogens with one attached hydrogen (secondary N) is 1. The molecule has 1 aromatic heterocycles. The first kappa shape index (κ1) is 10.9. The number of aryl methyl sites for hydroxylation is 1. The SMILES string of the molecule is Cc1cccnc1NC(=O)/C=C/C(=O)O. The summed E-state index contributed by atoms with van der Waals surface area (Å²) in [6.45, 7) is 1.80. The molecule has 0 unspecified atom stereocenters. The number of hydrogen-bond acceptors (Lipinski definition) is 3. The van der Waals surface area contributed by atoms with Crippen LogP contribution in [0.4, 0.5) is 5.82 Å². The molecule has 5 nitrogen and oxygen atoms in total. The van der Waals surface area contributed by atoms with Crippen molar-refractivity contribution in [2.45, 2.75) is 6.92 Å². The molecule has 0 saturated heterocycles. The minimum Gasteiger partial charge on any atom is -0.478 e. The van der Waals surface area contributed by atoms with Crippen LogP contribution < -0.4 is 5.32 Å². The van der Waals surface area contributed by atoms with E-state index in [1.807, 2.05) is 0 Å². The standard InChI is InChI=1S/C10H10N2O3/c1-7-3-2-6-11-10(7)12-8(13)4-5-9(14)15/h2-6H,1H3,(H,14,15)(H,11,12,13)/b5-4+. The summed E-state index contributed by atoms with van der Waals surface area (Å²) < 4.78 is 0. The Labute approximate surface area is 86.5 Å². The molecule has 2 N–H and O–H groups in total. The molecule has 5 heteroatoms. The van der Waals surface area contributed by atoms with Crippen molar-refractivity contribution in [3.8, 4) is 0 Å². The van der Waals surface area contributed by atoms with Crippen molar-refractivity contribution in [2.24, 2.45) is 0 Å². The molecule has 0 atom stereocenters. The highest BCUT2D eigenvalue weighted by Crippen LogP contribution is 2.08. The van der Waals surface area contributed by atoms with E-state index in [0.29, 0.717) is 5.82 Å². The third-order valence-corrected chi connectivity index (χ3v) is 1.63. The fourth-order valence-electron chi connectivity index (χ4n) is 0.922. The molecule has 1 aromatic rings. The highest BCUT2D eigenvalue weighted by Gasteiger charge is 2.01. The van der Waals surface area contributed by atoms with Crippen LogP contribution in [-0.2, 0) is 9.59 Å². The number of pyridine rings is 1. The second kappa shape index (κ2) is 4.90. The van der Waals surface area contributed by atoms with Gasteiger partial charge < -0.3 is 10.4 Å². The zero-order chi connectivity index (χ0) is 11.3. The Morgan fingerprint density at radius 3 is 2.80 bits per heavy atom. The van der Waals surface area contributed by atoms with E-state index in [4.69, 9.17) is 5.11 Å². The minimum atomic E-state index is -1.16. The van der Waals surface area contributed by atoms with Crippen LogP contribution in [-0.4, -0.2) is 22.0 Å². The lowest BCUT2D eigenvalue weighted by Crippen LogP contribution is -2.10. The van der Waals surface area contributed by atoms with Crippen LogP contribution in [0, 0.1) is 6.92 Å². The van der Waals surface area contributed by atoms with Gasteiger partial charge in [-0.1, -0.05) is 6.07 Å². The van der Waals surface area contributed by atoms with Crippen LogP contribution in [0.5, 0.6) is 0 Å². The first-order valence-corrected chi connectivity index (χ1v) is 4.23. The van der Waals surface area contributed by atoms with Gasteiger partial charge in [-0.3, -0.25) is 4.79 Å². The van der Waals surface area contributed by atoms with Crippen molar-refractivity contribution in [1.82, 2.24) is 4.98 Å². The van der Waals surface area contributed by atoms with Crippen molar-refractivity contribution in [1.29, 1.82) is 0 Å². The van der Waals surface area contributed by atoms with Gasteiger partial charge in [0.25, 0.3) is 0 Å². The highest BCUT2D eigenvalue weighted by atomic mass is 16.4. The van der Waals surface area contributed by atoms with Gasteiger partial charge in [0.05, 0.1) is 0 Å². The van der Waals surface area contributed by atoms with E-state index in [2.05, 4.69) is 10.3 Å². The average Bonchev–Trinajstić information content (AvgIpc) is 2.18. The number of hydrogen-bond donors (Lipinski definition) is 2. The molecule has 0 aromatic carbocycles. The summed E-state index contributed by atoms with van der Waals surface area (Å²) in [6.07, 6.45) is 3.26. The second-order valence-electron chi connectivity index (χ2n) is 2.83. The lowest BCUT2D eigenvalue weighted by atomic mass is 10.3. The maximum atomic E-state index is 11.2. The molecule has 78 valence electrons. The van der Waals surface area contributed by atoms with Crippen LogP contribution in [0.3, 0.4) is 0 Å². The summed E-state index contributed by atoms with van der Waals surface area (Å²) >= 11 is 0. The Morgan fingerprint density at radius 1 is 1.47 bits per heavy atom. The number of carboxylic acids is 1. The smallest absolute Gasteiger partial charge is 0.328 e. The number of nitrogens with zero attached hydrogens (tertiary/aromatic N) is 1. The van der Waals surface area contributed by atoms with Gasteiger partial charge >= 0.3 is 5.97 Å². The molecule has 0 aliphatic heterocycles. The molecule has 0 aliphatic rings. The van der Waals surface area contributed by atoms with Crippen molar-refractivity contribution in [2.75, 3.05) is 5.32 Å². The molecule has 1 amide bonds. The van der Waals surface area contributed by atoms with Crippen LogP contribution in [0.1, 0.15) is 5.56 Å². The van der Waals surface area contributed by atoms with Crippen molar-refractivity contribution in [3.05, 3.63) is 36.0 Å². The number of aromatic nitrogens is 1. The maximum Gasteiger partial charge on any atom is 0.328 e. The van der Waals surface area contributed by atoms with Crippen molar-refractivity contribution >= 4 is 17.7 Å². The summed E-state index contributed by atoms with van der Waals surface area (Å²) in [5, 5.41) is 10.8. The number of amides is 1. The summed E-state index contributed by atoms with van der Waals surface area (Å²) in [5.41, 5.74) is 0.814. The quantitative estimate of drug-likeness (QED) is 0.722.